The van der Waals surface area contributed by atoms with Crippen molar-refractivity contribution < 1.29 is 14.7 Å². The Labute approximate surface area is 114 Å². The molecule has 7 heteroatoms. The quantitative estimate of drug-likeness (QED) is 0.880. The zero-order chi connectivity index (χ0) is 14.1. The molecule has 0 aliphatic carbocycles. The minimum Gasteiger partial charge on any atom is -0.480 e. The number of carbonyl (C=O) groups is 2. The van der Waals surface area contributed by atoms with E-state index >= 15 is 0 Å². The maximum atomic E-state index is 12.2. The molecular weight excluding hydrogens is 260 g/mol. The Hall–Kier alpha value is -2.44. The summed E-state index contributed by atoms with van der Waals surface area (Å²) in [4.78, 5) is 24.8. The molecule has 1 atom stereocenters. The Kier molecular flexibility index (Phi) is 3.09. The first-order chi connectivity index (χ1) is 9.66. The van der Waals surface area contributed by atoms with E-state index in [0.29, 0.717) is 13.0 Å². The smallest absolute Gasteiger partial charge is 0.326 e. The van der Waals surface area contributed by atoms with Crippen molar-refractivity contribution in [2.45, 2.75) is 25.4 Å². The number of amides is 1. The van der Waals surface area contributed by atoms with Crippen LogP contribution in [-0.4, -0.2) is 49.5 Å². The van der Waals surface area contributed by atoms with E-state index in [0.717, 1.165) is 17.5 Å². The van der Waals surface area contributed by atoms with Crippen LogP contribution in [0.5, 0.6) is 0 Å². The van der Waals surface area contributed by atoms with Crippen molar-refractivity contribution in [3.63, 3.8) is 0 Å². The summed E-state index contributed by atoms with van der Waals surface area (Å²) in [5.41, 5.74) is 1.49. The second-order valence-corrected chi connectivity index (χ2v) is 4.82. The van der Waals surface area contributed by atoms with Crippen LogP contribution in [0, 0.1) is 0 Å². The van der Waals surface area contributed by atoms with Gasteiger partial charge in [0.15, 0.2) is 0 Å². The molecule has 0 spiro atoms. The number of fused-ring (bicyclic) bond motifs is 1. The van der Waals surface area contributed by atoms with Crippen LogP contribution < -0.4 is 0 Å². The number of likely N-dealkylation sites (tertiary alicyclic amines) is 1. The van der Waals surface area contributed by atoms with Gasteiger partial charge in [-0.1, -0.05) is 17.3 Å². The maximum Gasteiger partial charge on any atom is 0.326 e. The molecule has 1 aromatic carbocycles. The first-order valence-corrected chi connectivity index (χ1v) is 6.47. The van der Waals surface area contributed by atoms with Crippen LogP contribution in [0.1, 0.15) is 12.8 Å². The second kappa shape index (κ2) is 4.92. The molecule has 1 aliphatic rings. The van der Waals surface area contributed by atoms with Crippen molar-refractivity contribution in [3.8, 4) is 0 Å². The van der Waals surface area contributed by atoms with E-state index in [9.17, 15) is 9.59 Å². The highest BCUT2D eigenvalue weighted by atomic mass is 16.4. The van der Waals surface area contributed by atoms with Gasteiger partial charge < -0.3 is 10.0 Å². The van der Waals surface area contributed by atoms with E-state index < -0.39 is 12.0 Å². The first kappa shape index (κ1) is 12.6. The predicted molar refractivity (Wildman–Crippen MR) is 69.9 cm³/mol. The standard InChI is InChI=1S/C13H14N4O3/c18-12(16-7-3-6-11(16)13(19)20)8-17-10-5-2-1-4-9(10)14-15-17/h1-2,4-5,11H,3,6-8H2,(H,19,20)/t11-/m1/s1. The van der Waals surface area contributed by atoms with E-state index in [-0.39, 0.29) is 12.5 Å². The topological polar surface area (TPSA) is 88.3 Å². The zero-order valence-electron chi connectivity index (χ0n) is 10.8. The van der Waals surface area contributed by atoms with Gasteiger partial charge in [-0.3, -0.25) is 4.79 Å². The minimum atomic E-state index is -0.945. The minimum absolute atomic E-state index is 0.0181. The molecule has 1 N–H and O–H groups in total. The van der Waals surface area contributed by atoms with Crippen molar-refractivity contribution >= 4 is 22.9 Å². The van der Waals surface area contributed by atoms with E-state index in [4.69, 9.17) is 5.11 Å². The normalized spacial score (nSPS) is 18.6. The molecule has 0 bridgehead atoms. The lowest BCUT2D eigenvalue weighted by Gasteiger charge is -2.21. The SMILES string of the molecule is O=C(O)[C@H]1CCCN1C(=O)Cn1nnc2ccccc21. The van der Waals surface area contributed by atoms with E-state index in [1.54, 1.807) is 0 Å². The molecule has 3 rings (SSSR count). The van der Waals surface area contributed by atoms with Gasteiger partial charge in [0.05, 0.1) is 5.52 Å². The summed E-state index contributed by atoms with van der Waals surface area (Å²) >= 11 is 0. The summed E-state index contributed by atoms with van der Waals surface area (Å²) in [6.07, 6.45) is 1.24. The lowest BCUT2D eigenvalue weighted by molar-refractivity contribution is -0.148. The lowest BCUT2D eigenvalue weighted by atomic mass is 10.2. The van der Waals surface area contributed by atoms with Crippen molar-refractivity contribution in [1.29, 1.82) is 0 Å². The summed E-state index contributed by atoms with van der Waals surface area (Å²) < 4.78 is 1.51. The summed E-state index contributed by atoms with van der Waals surface area (Å²) in [5, 5.41) is 17.0. The van der Waals surface area contributed by atoms with Crippen molar-refractivity contribution in [2.75, 3.05) is 6.54 Å². The number of hydrogen-bond acceptors (Lipinski definition) is 4. The largest absolute Gasteiger partial charge is 0.480 e. The number of rotatable bonds is 3. The van der Waals surface area contributed by atoms with Gasteiger partial charge in [-0.05, 0) is 25.0 Å². The number of carboxylic acid groups (broad SMARTS) is 1. The summed E-state index contributed by atoms with van der Waals surface area (Å²) in [6, 6.07) is 6.64. The molecule has 0 radical (unpaired) electrons. The van der Waals surface area contributed by atoms with Crippen LogP contribution in [0.25, 0.3) is 11.0 Å². The van der Waals surface area contributed by atoms with Gasteiger partial charge in [-0.15, -0.1) is 5.10 Å². The first-order valence-electron chi connectivity index (χ1n) is 6.47. The van der Waals surface area contributed by atoms with Gasteiger partial charge in [-0.2, -0.15) is 0 Å². The monoisotopic (exact) mass is 274 g/mol. The van der Waals surface area contributed by atoms with Gasteiger partial charge in [0.2, 0.25) is 5.91 Å². The molecule has 7 nitrogen and oxygen atoms in total. The Morgan fingerprint density at radius 2 is 2.15 bits per heavy atom. The molecule has 20 heavy (non-hydrogen) atoms. The van der Waals surface area contributed by atoms with Gasteiger partial charge in [0, 0.05) is 6.54 Å². The Balaban J connectivity index is 1.80. The van der Waals surface area contributed by atoms with Crippen LogP contribution in [0.4, 0.5) is 0 Å². The van der Waals surface area contributed by atoms with E-state index in [1.807, 2.05) is 24.3 Å². The van der Waals surface area contributed by atoms with Crippen LogP contribution in [0.15, 0.2) is 24.3 Å². The average molecular weight is 274 g/mol. The fraction of sp³-hybridized carbons (Fsp3) is 0.385. The van der Waals surface area contributed by atoms with Gasteiger partial charge in [-0.25, -0.2) is 9.48 Å². The molecule has 2 aromatic rings. The number of aliphatic carboxylic acids is 1. The van der Waals surface area contributed by atoms with Crippen LogP contribution in [-0.2, 0) is 16.1 Å². The van der Waals surface area contributed by atoms with Gasteiger partial charge in [0.25, 0.3) is 0 Å². The van der Waals surface area contributed by atoms with Gasteiger partial charge >= 0.3 is 5.97 Å². The molecular formula is C13H14N4O3. The maximum absolute atomic E-state index is 12.2. The molecule has 104 valence electrons. The Bertz CT molecular complexity index is 666. The Morgan fingerprint density at radius 1 is 1.35 bits per heavy atom. The molecule has 1 aliphatic heterocycles. The molecule has 0 saturated carbocycles. The number of carbonyl (C=O) groups excluding carboxylic acids is 1. The number of benzene rings is 1. The summed E-state index contributed by atoms with van der Waals surface area (Å²) in [7, 11) is 0. The molecule has 2 heterocycles. The number of hydrogen-bond donors (Lipinski definition) is 1. The van der Waals surface area contributed by atoms with E-state index in [1.165, 1.54) is 9.58 Å². The molecule has 1 fully saturated rings. The summed E-state index contributed by atoms with van der Waals surface area (Å²) in [5.74, 6) is -1.18. The third-order valence-electron chi connectivity index (χ3n) is 3.56. The highest BCUT2D eigenvalue weighted by Crippen LogP contribution is 2.18. The second-order valence-electron chi connectivity index (χ2n) is 4.82. The van der Waals surface area contributed by atoms with Crippen LogP contribution in [0.3, 0.4) is 0 Å². The Morgan fingerprint density at radius 3 is 2.95 bits per heavy atom. The number of para-hydroxylation sites is 1. The molecule has 0 unspecified atom stereocenters. The summed E-state index contributed by atoms with van der Waals surface area (Å²) in [6.45, 7) is 0.507. The average Bonchev–Trinajstić information content (AvgIpc) is 3.06. The number of nitrogens with zero attached hydrogens (tertiary/aromatic N) is 4. The zero-order valence-corrected chi connectivity index (χ0v) is 10.8. The molecule has 1 amide bonds. The van der Waals surface area contributed by atoms with E-state index in [2.05, 4.69) is 10.3 Å². The van der Waals surface area contributed by atoms with Crippen molar-refractivity contribution in [2.24, 2.45) is 0 Å². The third kappa shape index (κ3) is 2.11. The number of carboxylic acids is 1. The fourth-order valence-electron chi connectivity index (χ4n) is 2.58. The van der Waals surface area contributed by atoms with Crippen LogP contribution >= 0.6 is 0 Å². The lowest BCUT2D eigenvalue weighted by Crippen LogP contribution is -2.42. The predicted octanol–water partition coefficient (Wildman–Crippen LogP) is 0.507. The van der Waals surface area contributed by atoms with Crippen molar-refractivity contribution in [1.82, 2.24) is 19.9 Å². The van der Waals surface area contributed by atoms with Crippen LogP contribution in [0.2, 0.25) is 0 Å². The molecule has 1 saturated heterocycles. The van der Waals surface area contributed by atoms with Gasteiger partial charge in [0.1, 0.15) is 18.1 Å². The molecule has 1 aromatic heterocycles. The third-order valence-corrected chi connectivity index (χ3v) is 3.56. The highest BCUT2D eigenvalue weighted by Gasteiger charge is 2.34. The van der Waals surface area contributed by atoms with Crippen molar-refractivity contribution in [3.05, 3.63) is 24.3 Å². The highest BCUT2D eigenvalue weighted by molar-refractivity contribution is 5.85. The fourth-order valence-corrected chi connectivity index (χ4v) is 2.58. The number of aromatic nitrogens is 3.